The summed E-state index contributed by atoms with van der Waals surface area (Å²) < 4.78 is 5.11. The molecule has 0 radical (unpaired) electrons. The molecule has 0 aliphatic rings. The van der Waals surface area contributed by atoms with Crippen LogP contribution in [0.2, 0.25) is 5.02 Å². The fourth-order valence-electron chi connectivity index (χ4n) is 2.01. The van der Waals surface area contributed by atoms with E-state index in [-0.39, 0.29) is 0 Å². The van der Waals surface area contributed by atoms with Crippen LogP contribution >= 0.6 is 11.6 Å². The molecule has 90 valence electrons. The number of aromatic nitrogens is 1. The molecule has 0 saturated heterocycles. The molecule has 1 aromatic heterocycles. The molecule has 0 atom stereocenters. The SMILES string of the molecule is CCCc1cccc2c(Cl)cc(COC)nc12. The number of benzene rings is 1. The Bertz CT molecular complexity index is 525. The molecule has 0 amide bonds. The van der Waals surface area contributed by atoms with Gasteiger partial charge in [-0.2, -0.15) is 0 Å². The van der Waals surface area contributed by atoms with Crippen LogP contribution in [-0.4, -0.2) is 12.1 Å². The van der Waals surface area contributed by atoms with Crippen molar-refractivity contribution in [3.8, 4) is 0 Å². The standard InChI is InChI=1S/C14H16ClNO/c1-3-5-10-6-4-7-12-13(15)8-11(9-17-2)16-14(10)12/h4,6-8H,3,5,9H2,1-2H3. The normalized spacial score (nSPS) is 11.0. The molecule has 0 N–H and O–H groups in total. The zero-order valence-corrected chi connectivity index (χ0v) is 10.9. The van der Waals surface area contributed by atoms with E-state index >= 15 is 0 Å². The predicted octanol–water partition coefficient (Wildman–Crippen LogP) is 3.99. The number of halogens is 1. The molecule has 0 fully saturated rings. The quantitative estimate of drug-likeness (QED) is 0.818. The molecule has 0 spiro atoms. The highest BCUT2D eigenvalue weighted by Gasteiger charge is 2.07. The van der Waals surface area contributed by atoms with Crippen LogP contribution in [0.15, 0.2) is 24.3 Å². The second-order valence-electron chi connectivity index (χ2n) is 4.09. The van der Waals surface area contributed by atoms with Crippen LogP contribution in [-0.2, 0) is 17.8 Å². The number of fused-ring (bicyclic) bond motifs is 1. The first-order chi connectivity index (χ1) is 8.26. The van der Waals surface area contributed by atoms with E-state index in [9.17, 15) is 0 Å². The summed E-state index contributed by atoms with van der Waals surface area (Å²) in [5.74, 6) is 0. The van der Waals surface area contributed by atoms with E-state index in [2.05, 4.69) is 18.0 Å². The van der Waals surface area contributed by atoms with Crippen molar-refractivity contribution in [1.29, 1.82) is 0 Å². The highest BCUT2D eigenvalue weighted by molar-refractivity contribution is 6.35. The number of nitrogens with zero attached hydrogens (tertiary/aromatic N) is 1. The second kappa shape index (κ2) is 5.48. The van der Waals surface area contributed by atoms with E-state index in [1.165, 1.54) is 5.56 Å². The Morgan fingerprint density at radius 1 is 1.35 bits per heavy atom. The molecule has 2 rings (SSSR count). The summed E-state index contributed by atoms with van der Waals surface area (Å²) in [6.07, 6.45) is 2.13. The largest absolute Gasteiger partial charge is 0.378 e. The summed E-state index contributed by atoms with van der Waals surface area (Å²) in [5, 5.41) is 1.78. The molecule has 1 aromatic carbocycles. The Morgan fingerprint density at radius 3 is 2.88 bits per heavy atom. The van der Waals surface area contributed by atoms with E-state index < -0.39 is 0 Å². The molecule has 1 heterocycles. The highest BCUT2D eigenvalue weighted by atomic mass is 35.5. The molecule has 0 aliphatic heterocycles. The van der Waals surface area contributed by atoms with Crippen LogP contribution < -0.4 is 0 Å². The number of pyridine rings is 1. The number of para-hydroxylation sites is 1. The zero-order chi connectivity index (χ0) is 12.3. The number of methoxy groups -OCH3 is 1. The van der Waals surface area contributed by atoms with E-state index in [1.54, 1.807) is 7.11 Å². The minimum atomic E-state index is 0.496. The van der Waals surface area contributed by atoms with Crippen LogP contribution in [0.4, 0.5) is 0 Å². The van der Waals surface area contributed by atoms with Gasteiger partial charge in [0, 0.05) is 12.5 Å². The average molecular weight is 250 g/mol. The predicted molar refractivity (Wildman–Crippen MR) is 71.5 cm³/mol. The summed E-state index contributed by atoms with van der Waals surface area (Å²) in [5.41, 5.74) is 3.15. The van der Waals surface area contributed by atoms with Gasteiger partial charge >= 0.3 is 0 Å². The van der Waals surface area contributed by atoms with Gasteiger partial charge in [-0.15, -0.1) is 0 Å². The Kier molecular flexibility index (Phi) is 3.97. The fraction of sp³-hybridized carbons (Fsp3) is 0.357. The van der Waals surface area contributed by atoms with Crippen molar-refractivity contribution in [2.24, 2.45) is 0 Å². The molecule has 2 aromatic rings. The summed E-state index contributed by atoms with van der Waals surface area (Å²) in [6, 6.07) is 8.05. The topological polar surface area (TPSA) is 22.1 Å². The van der Waals surface area contributed by atoms with Gasteiger partial charge in [0.1, 0.15) is 0 Å². The smallest absolute Gasteiger partial charge is 0.0884 e. The Hall–Kier alpha value is -1.12. The zero-order valence-electron chi connectivity index (χ0n) is 10.2. The Balaban J connectivity index is 2.60. The maximum Gasteiger partial charge on any atom is 0.0884 e. The lowest BCUT2D eigenvalue weighted by atomic mass is 10.1. The number of hydrogen-bond acceptors (Lipinski definition) is 2. The summed E-state index contributed by atoms with van der Waals surface area (Å²) >= 11 is 6.27. The van der Waals surface area contributed by atoms with Gasteiger partial charge in [-0.1, -0.05) is 43.1 Å². The molecule has 0 saturated carbocycles. The summed E-state index contributed by atoms with van der Waals surface area (Å²) in [7, 11) is 1.66. The van der Waals surface area contributed by atoms with Crippen LogP contribution in [0, 0.1) is 0 Å². The lowest BCUT2D eigenvalue weighted by Crippen LogP contribution is -1.96. The number of hydrogen-bond donors (Lipinski definition) is 0. The fourth-order valence-corrected chi connectivity index (χ4v) is 2.29. The monoisotopic (exact) mass is 249 g/mol. The first-order valence-corrected chi connectivity index (χ1v) is 6.20. The van der Waals surface area contributed by atoms with E-state index in [1.807, 2.05) is 18.2 Å². The Labute approximate surface area is 107 Å². The van der Waals surface area contributed by atoms with Crippen molar-refractivity contribution in [2.45, 2.75) is 26.4 Å². The third-order valence-corrected chi connectivity index (χ3v) is 3.05. The lowest BCUT2D eigenvalue weighted by molar-refractivity contribution is 0.182. The molecular formula is C14H16ClNO. The average Bonchev–Trinajstić information content (AvgIpc) is 2.31. The molecule has 0 aliphatic carbocycles. The van der Waals surface area contributed by atoms with Crippen molar-refractivity contribution in [3.63, 3.8) is 0 Å². The van der Waals surface area contributed by atoms with Crippen molar-refractivity contribution >= 4 is 22.5 Å². The summed E-state index contributed by atoms with van der Waals surface area (Å²) in [6.45, 7) is 2.66. The van der Waals surface area contributed by atoms with Gasteiger partial charge < -0.3 is 4.74 Å². The molecular weight excluding hydrogens is 234 g/mol. The molecule has 17 heavy (non-hydrogen) atoms. The van der Waals surface area contributed by atoms with Gasteiger partial charge in [-0.25, -0.2) is 4.98 Å². The maximum atomic E-state index is 6.27. The number of ether oxygens (including phenoxy) is 1. The highest BCUT2D eigenvalue weighted by Crippen LogP contribution is 2.26. The van der Waals surface area contributed by atoms with Gasteiger partial charge in [0.2, 0.25) is 0 Å². The minimum Gasteiger partial charge on any atom is -0.378 e. The van der Waals surface area contributed by atoms with Crippen LogP contribution in [0.5, 0.6) is 0 Å². The molecule has 3 heteroatoms. The van der Waals surface area contributed by atoms with Crippen molar-refractivity contribution in [3.05, 3.63) is 40.5 Å². The third kappa shape index (κ3) is 2.59. The van der Waals surface area contributed by atoms with Crippen molar-refractivity contribution in [2.75, 3.05) is 7.11 Å². The number of rotatable bonds is 4. The minimum absolute atomic E-state index is 0.496. The Morgan fingerprint density at radius 2 is 2.18 bits per heavy atom. The van der Waals surface area contributed by atoms with Crippen molar-refractivity contribution in [1.82, 2.24) is 4.98 Å². The van der Waals surface area contributed by atoms with E-state index in [0.717, 1.165) is 34.5 Å². The van der Waals surface area contributed by atoms with E-state index in [0.29, 0.717) is 6.61 Å². The molecule has 2 nitrogen and oxygen atoms in total. The summed E-state index contributed by atoms with van der Waals surface area (Å²) in [4.78, 5) is 4.63. The second-order valence-corrected chi connectivity index (χ2v) is 4.50. The third-order valence-electron chi connectivity index (χ3n) is 2.74. The molecule has 0 unspecified atom stereocenters. The van der Waals surface area contributed by atoms with Gasteiger partial charge in [-0.3, -0.25) is 0 Å². The number of aryl methyl sites for hydroxylation is 1. The van der Waals surface area contributed by atoms with Gasteiger partial charge in [0.15, 0.2) is 0 Å². The van der Waals surface area contributed by atoms with Crippen LogP contribution in [0.25, 0.3) is 10.9 Å². The van der Waals surface area contributed by atoms with Crippen LogP contribution in [0.1, 0.15) is 24.6 Å². The van der Waals surface area contributed by atoms with Gasteiger partial charge in [-0.05, 0) is 18.1 Å². The van der Waals surface area contributed by atoms with Crippen molar-refractivity contribution < 1.29 is 4.74 Å². The van der Waals surface area contributed by atoms with Gasteiger partial charge in [0.25, 0.3) is 0 Å². The van der Waals surface area contributed by atoms with Crippen LogP contribution in [0.3, 0.4) is 0 Å². The first-order valence-electron chi connectivity index (χ1n) is 5.82. The maximum absolute atomic E-state index is 6.27. The van der Waals surface area contributed by atoms with Gasteiger partial charge in [0.05, 0.1) is 22.8 Å². The first kappa shape index (κ1) is 12.3. The lowest BCUT2D eigenvalue weighted by Gasteiger charge is -2.08. The molecule has 0 bridgehead atoms. The van der Waals surface area contributed by atoms with E-state index in [4.69, 9.17) is 16.3 Å².